The maximum atomic E-state index is 2.40. The highest BCUT2D eigenvalue weighted by Gasteiger charge is 2.17. The van der Waals surface area contributed by atoms with Crippen molar-refractivity contribution in [2.45, 2.75) is 0 Å². The van der Waals surface area contributed by atoms with Gasteiger partial charge in [0.15, 0.2) is 0 Å². The Hall–Kier alpha value is -6.52. The van der Waals surface area contributed by atoms with Crippen molar-refractivity contribution in [2.24, 2.45) is 0 Å². The zero-order valence-electron chi connectivity index (χ0n) is 29.8. The molecule has 0 saturated heterocycles. The molecule has 0 aliphatic carbocycles. The molecule has 55 heavy (non-hydrogen) atoms. The molecule has 3 heteroatoms. The largest absolute Gasteiger partial charge is 0.310 e. The average Bonchev–Trinajstić information content (AvgIpc) is 3.82. The van der Waals surface area contributed by atoms with E-state index in [0.29, 0.717) is 0 Å². The van der Waals surface area contributed by atoms with E-state index in [0.717, 1.165) is 17.1 Å². The molecule has 0 saturated carbocycles. The summed E-state index contributed by atoms with van der Waals surface area (Å²) in [6.45, 7) is 0. The van der Waals surface area contributed by atoms with E-state index in [2.05, 4.69) is 205 Å². The third-order valence-corrected chi connectivity index (χ3v) is 13.2. The molecule has 0 fully saturated rings. The van der Waals surface area contributed by atoms with Gasteiger partial charge in [-0.3, -0.25) is 0 Å². The molecular weight excluding hydrogens is 703 g/mol. The molecule has 0 atom stereocenters. The van der Waals surface area contributed by atoms with Gasteiger partial charge < -0.3 is 4.90 Å². The molecule has 1 nitrogen and oxygen atoms in total. The highest BCUT2D eigenvalue weighted by molar-refractivity contribution is 7.26. The zero-order chi connectivity index (χ0) is 36.3. The topological polar surface area (TPSA) is 3.24 Å². The first-order chi connectivity index (χ1) is 27.2. The normalized spacial score (nSPS) is 11.6. The first kappa shape index (κ1) is 32.0. The molecule has 0 N–H and O–H groups in total. The van der Waals surface area contributed by atoms with Crippen molar-refractivity contribution in [1.29, 1.82) is 0 Å². The van der Waals surface area contributed by atoms with Crippen LogP contribution < -0.4 is 4.90 Å². The van der Waals surface area contributed by atoms with Crippen molar-refractivity contribution in [1.82, 2.24) is 0 Å². The number of hydrogen-bond donors (Lipinski definition) is 0. The highest BCUT2D eigenvalue weighted by atomic mass is 32.1. The summed E-state index contributed by atoms with van der Waals surface area (Å²) in [5.74, 6) is 0. The van der Waals surface area contributed by atoms with Crippen LogP contribution in [0, 0.1) is 0 Å². The van der Waals surface area contributed by atoms with Crippen LogP contribution in [-0.4, -0.2) is 0 Å². The standard InChI is InChI=1S/C52H33NS2/c1-2-16-43-34(10-1)11-9-19-44(43)35-22-26-40(27-23-35)53(41-14-7-12-36(30-41)38-24-28-51-47(32-38)45-17-3-5-20-49(45)54-51)42-15-8-13-37(31-42)39-25-29-52-48(33-39)46-18-4-6-21-50(46)55-52/h1-33H. The Balaban J connectivity index is 1.04. The Kier molecular flexibility index (Phi) is 7.61. The van der Waals surface area contributed by atoms with Crippen LogP contribution in [0.3, 0.4) is 0 Å². The summed E-state index contributed by atoms with van der Waals surface area (Å²) in [5, 5.41) is 7.78. The summed E-state index contributed by atoms with van der Waals surface area (Å²) in [6.07, 6.45) is 0. The van der Waals surface area contributed by atoms with E-state index in [1.807, 2.05) is 22.7 Å². The quantitative estimate of drug-likeness (QED) is 0.164. The van der Waals surface area contributed by atoms with Crippen LogP contribution in [0.2, 0.25) is 0 Å². The van der Waals surface area contributed by atoms with Crippen LogP contribution in [0.4, 0.5) is 17.1 Å². The number of benzene rings is 9. The maximum absolute atomic E-state index is 2.40. The van der Waals surface area contributed by atoms with Gasteiger partial charge >= 0.3 is 0 Å². The third-order valence-electron chi connectivity index (χ3n) is 10.9. The summed E-state index contributed by atoms with van der Waals surface area (Å²) >= 11 is 3.72. The van der Waals surface area contributed by atoms with Gasteiger partial charge in [-0.05, 0) is 117 Å². The average molecular weight is 736 g/mol. The van der Waals surface area contributed by atoms with Crippen molar-refractivity contribution in [2.75, 3.05) is 4.90 Å². The van der Waals surface area contributed by atoms with E-state index in [9.17, 15) is 0 Å². The molecule has 2 aromatic heterocycles. The second kappa shape index (κ2) is 13.1. The minimum atomic E-state index is 1.11. The monoisotopic (exact) mass is 735 g/mol. The van der Waals surface area contributed by atoms with Gasteiger partial charge in [0, 0.05) is 57.4 Å². The van der Waals surface area contributed by atoms with Crippen LogP contribution in [-0.2, 0) is 0 Å². The fraction of sp³-hybridized carbons (Fsp3) is 0. The highest BCUT2D eigenvalue weighted by Crippen LogP contribution is 2.42. The Bertz CT molecular complexity index is 3060. The van der Waals surface area contributed by atoms with Gasteiger partial charge in [-0.25, -0.2) is 0 Å². The molecule has 0 aliphatic rings. The summed E-state index contributed by atoms with van der Waals surface area (Å²) < 4.78 is 5.29. The number of rotatable bonds is 6. The lowest BCUT2D eigenvalue weighted by Crippen LogP contribution is -2.10. The van der Waals surface area contributed by atoms with E-state index in [1.54, 1.807) is 0 Å². The van der Waals surface area contributed by atoms with Gasteiger partial charge in [0.2, 0.25) is 0 Å². The van der Waals surface area contributed by atoms with Crippen molar-refractivity contribution in [3.63, 3.8) is 0 Å². The number of nitrogens with zero attached hydrogens (tertiary/aromatic N) is 1. The van der Waals surface area contributed by atoms with E-state index in [-0.39, 0.29) is 0 Å². The molecule has 11 aromatic rings. The molecular formula is C52H33NS2. The SMILES string of the molecule is c1cc(-c2ccc3sc4ccccc4c3c2)cc(N(c2ccc(-c3cccc4ccccc34)cc2)c2cccc(-c3ccc4sc5ccccc5c4c3)c2)c1. The van der Waals surface area contributed by atoms with Crippen molar-refractivity contribution in [3.05, 3.63) is 200 Å². The van der Waals surface area contributed by atoms with E-state index in [4.69, 9.17) is 0 Å². The Labute approximate surface area is 327 Å². The predicted octanol–water partition coefficient (Wildman–Crippen LogP) is 16.0. The van der Waals surface area contributed by atoms with E-state index >= 15 is 0 Å². The summed E-state index contributed by atoms with van der Waals surface area (Å²) in [6, 6.07) is 73.5. The fourth-order valence-corrected chi connectivity index (χ4v) is 10.3. The fourth-order valence-electron chi connectivity index (χ4n) is 8.17. The van der Waals surface area contributed by atoms with Crippen LogP contribution in [0.1, 0.15) is 0 Å². The molecule has 0 bridgehead atoms. The van der Waals surface area contributed by atoms with Crippen molar-refractivity contribution in [3.8, 4) is 33.4 Å². The van der Waals surface area contributed by atoms with E-state index < -0.39 is 0 Å². The van der Waals surface area contributed by atoms with Gasteiger partial charge in [-0.2, -0.15) is 0 Å². The molecule has 0 radical (unpaired) electrons. The molecule has 0 amide bonds. The van der Waals surface area contributed by atoms with Gasteiger partial charge in [0.05, 0.1) is 0 Å². The van der Waals surface area contributed by atoms with Crippen LogP contribution >= 0.6 is 22.7 Å². The lowest BCUT2D eigenvalue weighted by Gasteiger charge is -2.27. The molecule has 0 spiro atoms. The molecule has 0 aliphatic heterocycles. The second-order valence-corrected chi connectivity index (χ2v) is 16.3. The smallest absolute Gasteiger partial charge is 0.0467 e. The van der Waals surface area contributed by atoms with Crippen LogP contribution in [0.15, 0.2) is 200 Å². The minimum absolute atomic E-state index is 1.11. The lowest BCUT2D eigenvalue weighted by molar-refractivity contribution is 1.28. The number of thiophene rings is 2. The van der Waals surface area contributed by atoms with Crippen molar-refractivity contribution >= 4 is 90.9 Å². The van der Waals surface area contributed by atoms with Gasteiger partial charge in [-0.1, -0.05) is 127 Å². The Morgan fingerprint density at radius 2 is 0.727 bits per heavy atom. The Morgan fingerprint density at radius 3 is 1.33 bits per heavy atom. The number of anilines is 3. The Morgan fingerprint density at radius 1 is 0.273 bits per heavy atom. The molecule has 0 unspecified atom stereocenters. The molecule has 11 rings (SSSR count). The van der Waals surface area contributed by atoms with Gasteiger partial charge in [-0.15, -0.1) is 22.7 Å². The number of hydrogen-bond acceptors (Lipinski definition) is 3. The zero-order valence-corrected chi connectivity index (χ0v) is 31.4. The van der Waals surface area contributed by atoms with E-state index in [1.165, 1.54) is 84.5 Å². The maximum Gasteiger partial charge on any atom is 0.0467 e. The summed E-state index contributed by atoms with van der Waals surface area (Å²) in [4.78, 5) is 2.40. The summed E-state index contributed by atoms with van der Waals surface area (Å²) in [7, 11) is 0. The third kappa shape index (κ3) is 5.60. The van der Waals surface area contributed by atoms with Crippen molar-refractivity contribution < 1.29 is 0 Å². The predicted molar refractivity (Wildman–Crippen MR) is 241 cm³/mol. The van der Waals surface area contributed by atoms with Crippen LogP contribution in [0.25, 0.3) is 84.5 Å². The number of fused-ring (bicyclic) bond motifs is 7. The lowest BCUT2D eigenvalue weighted by atomic mass is 9.97. The first-order valence-electron chi connectivity index (χ1n) is 18.7. The minimum Gasteiger partial charge on any atom is -0.310 e. The summed E-state index contributed by atoms with van der Waals surface area (Å²) in [5.41, 5.74) is 10.6. The molecule has 9 aromatic carbocycles. The van der Waals surface area contributed by atoms with Crippen LogP contribution in [0.5, 0.6) is 0 Å². The second-order valence-electron chi connectivity index (χ2n) is 14.1. The molecule has 258 valence electrons. The van der Waals surface area contributed by atoms with Gasteiger partial charge in [0.25, 0.3) is 0 Å². The first-order valence-corrected chi connectivity index (χ1v) is 20.3. The van der Waals surface area contributed by atoms with Gasteiger partial charge in [0.1, 0.15) is 0 Å². The molecule has 2 heterocycles.